The van der Waals surface area contributed by atoms with E-state index in [0.717, 1.165) is 37.7 Å². The topological polar surface area (TPSA) is 41.0 Å². The third-order valence-corrected chi connectivity index (χ3v) is 3.16. The minimum absolute atomic E-state index is 0.602. The van der Waals surface area contributed by atoms with E-state index < -0.39 is 0 Å². The third-order valence-electron chi connectivity index (χ3n) is 3.16. The van der Waals surface area contributed by atoms with Crippen LogP contribution in [0.25, 0.3) is 0 Å². The van der Waals surface area contributed by atoms with Gasteiger partial charge in [-0.3, -0.25) is 0 Å². The number of hydrogen-bond acceptors (Lipinski definition) is 4. The first-order valence-electron chi connectivity index (χ1n) is 6.57. The van der Waals surface area contributed by atoms with E-state index in [9.17, 15) is 0 Å². The maximum absolute atomic E-state index is 4.52. The van der Waals surface area contributed by atoms with Crippen LogP contribution >= 0.6 is 0 Å². The zero-order chi connectivity index (χ0) is 12.1. The predicted octanol–water partition coefficient (Wildman–Crippen LogP) is 1.75. The second-order valence-corrected chi connectivity index (χ2v) is 4.74. The van der Waals surface area contributed by atoms with Gasteiger partial charge in [-0.25, -0.2) is 9.97 Å². The molecular weight excluding hydrogens is 212 g/mol. The summed E-state index contributed by atoms with van der Waals surface area (Å²) in [6.07, 6.45) is 5.54. The van der Waals surface area contributed by atoms with E-state index in [1.807, 2.05) is 19.2 Å². The Bertz CT molecular complexity index is 347. The molecule has 0 spiro atoms. The monoisotopic (exact) mass is 234 g/mol. The van der Waals surface area contributed by atoms with Crippen LogP contribution in [-0.2, 0) is 0 Å². The molecule has 1 aliphatic heterocycles. The van der Waals surface area contributed by atoms with E-state index in [0.29, 0.717) is 6.04 Å². The molecule has 0 radical (unpaired) electrons. The second-order valence-electron chi connectivity index (χ2n) is 4.74. The molecule has 0 aliphatic carbocycles. The molecule has 1 atom stereocenters. The van der Waals surface area contributed by atoms with Gasteiger partial charge in [0.1, 0.15) is 0 Å². The highest BCUT2D eigenvalue weighted by atomic mass is 15.3. The fraction of sp³-hybridized carbons (Fsp3) is 0.692. The van der Waals surface area contributed by atoms with Crippen molar-refractivity contribution in [2.45, 2.75) is 39.2 Å². The standard InChI is InChI=1S/C13H22N4/c1-3-9-17(10-12-5-4-7-14-12)13-15-8-6-11(2)16-13/h6,8,12,14H,3-5,7,9-10H2,1-2H3. The lowest BCUT2D eigenvalue weighted by atomic mass is 10.2. The molecule has 0 saturated carbocycles. The lowest BCUT2D eigenvalue weighted by Gasteiger charge is -2.25. The van der Waals surface area contributed by atoms with Crippen LogP contribution in [0.3, 0.4) is 0 Å². The Kier molecular flexibility index (Phi) is 4.31. The van der Waals surface area contributed by atoms with Gasteiger partial charge in [-0.2, -0.15) is 0 Å². The van der Waals surface area contributed by atoms with E-state index in [4.69, 9.17) is 0 Å². The molecule has 1 aromatic heterocycles. The first kappa shape index (κ1) is 12.3. The van der Waals surface area contributed by atoms with Gasteiger partial charge >= 0.3 is 0 Å². The van der Waals surface area contributed by atoms with Crippen molar-refractivity contribution < 1.29 is 0 Å². The Morgan fingerprint density at radius 2 is 2.41 bits per heavy atom. The van der Waals surface area contributed by atoms with E-state index in [1.54, 1.807) is 0 Å². The number of rotatable bonds is 5. The summed E-state index contributed by atoms with van der Waals surface area (Å²) in [6.45, 7) is 7.42. The molecule has 1 unspecified atom stereocenters. The zero-order valence-corrected chi connectivity index (χ0v) is 10.8. The van der Waals surface area contributed by atoms with Crippen molar-refractivity contribution in [1.29, 1.82) is 0 Å². The predicted molar refractivity (Wildman–Crippen MR) is 70.3 cm³/mol. The molecule has 0 amide bonds. The number of aromatic nitrogens is 2. The van der Waals surface area contributed by atoms with Crippen molar-refractivity contribution in [1.82, 2.24) is 15.3 Å². The number of aryl methyl sites for hydroxylation is 1. The van der Waals surface area contributed by atoms with Gasteiger partial charge in [0.05, 0.1) is 0 Å². The van der Waals surface area contributed by atoms with Crippen molar-refractivity contribution >= 4 is 5.95 Å². The van der Waals surface area contributed by atoms with Gasteiger partial charge in [0.25, 0.3) is 0 Å². The van der Waals surface area contributed by atoms with Gasteiger partial charge in [0.2, 0.25) is 5.95 Å². The quantitative estimate of drug-likeness (QED) is 0.843. The Morgan fingerprint density at radius 3 is 3.06 bits per heavy atom. The molecule has 2 rings (SSSR count). The molecule has 2 heterocycles. The van der Waals surface area contributed by atoms with Crippen LogP contribution in [0.4, 0.5) is 5.95 Å². The summed E-state index contributed by atoms with van der Waals surface area (Å²) in [7, 11) is 0. The Morgan fingerprint density at radius 1 is 1.53 bits per heavy atom. The van der Waals surface area contributed by atoms with Gasteiger partial charge in [-0.05, 0) is 38.8 Å². The lowest BCUT2D eigenvalue weighted by molar-refractivity contribution is 0.571. The first-order valence-corrected chi connectivity index (χ1v) is 6.57. The zero-order valence-electron chi connectivity index (χ0n) is 10.8. The van der Waals surface area contributed by atoms with E-state index >= 15 is 0 Å². The van der Waals surface area contributed by atoms with Crippen LogP contribution < -0.4 is 10.2 Å². The third kappa shape index (κ3) is 3.40. The summed E-state index contributed by atoms with van der Waals surface area (Å²) in [6, 6.07) is 2.55. The van der Waals surface area contributed by atoms with Gasteiger partial charge in [-0.1, -0.05) is 6.92 Å². The summed E-state index contributed by atoms with van der Waals surface area (Å²) in [5.41, 5.74) is 1.04. The highest BCUT2D eigenvalue weighted by molar-refractivity contribution is 5.30. The van der Waals surface area contributed by atoms with Crippen LogP contribution in [0, 0.1) is 6.92 Å². The van der Waals surface area contributed by atoms with Crippen LogP contribution in [0.1, 0.15) is 31.9 Å². The fourth-order valence-corrected chi connectivity index (χ4v) is 2.31. The number of anilines is 1. The summed E-state index contributed by atoms with van der Waals surface area (Å²) >= 11 is 0. The molecule has 1 fully saturated rings. The molecule has 1 aliphatic rings. The summed E-state index contributed by atoms with van der Waals surface area (Å²) in [5, 5.41) is 3.53. The molecule has 0 bridgehead atoms. The van der Waals surface area contributed by atoms with Crippen molar-refractivity contribution in [3.63, 3.8) is 0 Å². The van der Waals surface area contributed by atoms with Crippen molar-refractivity contribution in [2.24, 2.45) is 0 Å². The van der Waals surface area contributed by atoms with Crippen molar-refractivity contribution in [3.8, 4) is 0 Å². The SMILES string of the molecule is CCCN(CC1CCCN1)c1nccc(C)n1. The molecular formula is C13H22N4. The Labute approximate surface area is 103 Å². The molecule has 4 nitrogen and oxygen atoms in total. The summed E-state index contributed by atoms with van der Waals surface area (Å²) in [4.78, 5) is 11.2. The maximum Gasteiger partial charge on any atom is 0.225 e. The molecule has 94 valence electrons. The highest BCUT2D eigenvalue weighted by Gasteiger charge is 2.19. The smallest absolute Gasteiger partial charge is 0.225 e. The molecule has 1 N–H and O–H groups in total. The van der Waals surface area contributed by atoms with Crippen LogP contribution in [-0.4, -0.2) is 35.6 Å². The van der Waals surface area contributed by atoms with E-state index in [1.165, 1.54) is 12.8 Å². The normalized spacial score (nSPS) is 19.5. The van der Waals surface area contributed by atoms with Crippen molar-refractivity contribution in [2.75, 3.05) is 24.5 Å². The summed E-state index contributed by atoms with van der Waals surface area (Å²) < 4.78 is 0. The number of hydrogen-bond donors (Lipinski definition) is 1. The Hall–Kier alpha value is -1.16. The van der Waals surface area contributed by atoms with E-state index in [-0.39, 0.29) is 0 Å². The largest absolute Gasteiger partial charge is 0.339 e. The van der Waals surface area contributed by atoms with Crippen LogP contribution in [0.15, 0.2) is 12.3 Å². The molecule has 17 heavy (non-hydrogen) atoms. The van der Waals surface area contributed by atoms with Crippen LogP contribution in [0.2, 0.25) is 0 Å². The van der Waals surface area contributed by atoms with Gasteiger partial charge in [0.15, 0.2) is 0 Å². The average Bonchev–Trinajstić information content (AvgIpc) is 2.81. The van der Waals surface area contributed by atoms with E-state index in [2.05, 4.69) is 27.1 Å². The minimum Gasteiger partial charge on any atom is -0.339 e. The maximum atomic E-state index is 4.52. The lowest BCUT2D eigenvalue weighted by Crippen LogP contribution is -2.39. The van der Waals surface area contributed by atoms with Gasteiger partial charge in [0, 0.05) is 31.0 Å². The minimum atomic E-state index is 0.602. The van der Waals surface area contributed by atoms with Crippen molar-refractivity contribution in [3.05, 3.63) is 18.0 Å². The number of nitrogens with zero attached hydrogens (tertiary/aromatic N) is 3. The molecule has 1 aromatic rings. The van der Waals surface area contributed by atoms with Crippen LogP contribution in [0.5, 0.6) is 0 Å². The highest BCUT2D eigenvalue weighted by Crippen LogP contribution is 2.12. The Balaban J connectivity index is 2.04. The number of nitrogens with one attached hydrogen (secondary N) is 1. The van der Waals surface area contributed by atoms with Gasteiger partial charge < -0.3 is 10.2 Å². The fourth-order valence-electron chi connectivity index (χ4n) is 2.31. The second kappa shape index (κ2) is 5.96. The molecule has 1 saturated heterocycles. The average molecular weight is 234 g/mol. The molecule has 4 heteroatoms. The first-order chi connectivity index (χ1) is 8.29. The van der Waals surface area contributed by atoms with Gasteiger partial charge in [-0.15, -0.1) is 0 Å². The molecule has 0 aromatic carbocycles. The summed E-state index contributed by atoms with van der Waals surface area (Å²) in [5.74, 6) is 0.876.